The summed E-state index contributed by atoms with van der Waals surface area (Å²) in [6.45, 7) is 6.01. The monoisotopic (exact) mass is 220 g/mol. The molecule has 1 unspecified atom stereocenters. The molecule has 78 valence electrons. The Morgan fingerprint density at radius 2 is 1.60 bits per heavy atom. The van der Waals surface area contributed by atoms with E-state index in [1.165, 1.54) is 5.56 Å². The van der Waals surface area contributed by atoms with Gasteiger partial charge in [-0.05, 0) is 0 Å². The van der Waals surface area contributed by atoms with Crippen molar-refractivity contribution < 1.29 is 14.3 Å². The van der Waals surface area contributed by atoms with Crippen molar-refractivity contribution >= 4 is 30.9 Å². The number of aryl methyl sites for hydroxylation is 3. The molecule has 0 spiro atoms. The van der Waals surface area contributed by atoms with Gasteiger partial charge < -0.3 is 4.89 Å². The Hall–Kier alpha value is -0.323. The Kier molecular flexibility index (Phi) is 6.88. The molecule has 0 aliphatic heterocycles. The summed E-state index contributed by atoms with van der Waals surface area (Å²) in [5.41, 5.74) is 4.26. The van der Waals surface area contributed by atoms with E-state index in [1.807, 2.05) is 32.9 Å². The summed E-state index contributed by atoms with van der Waals surface area (Å²) in [5, 5.41) is 0. The van der Waals surface area contributed by atoms with Crippen LogP contribution in [0.4, 0.5) is 0 Å². The summed E-state index contributed by atoms with van der Waals surface area (Å²) in [5.74, 6) is 0. The Morgan fingerprint density at radius 1 is 1.27 bits per heavy atom. The second-order valence-corrected chi connectivity index (χ2v) is 3.65. The molecule has 0 heterocycles. The van der Waals surface area contributed by atoms with E-state index in [0.29, 0.717) is 0 Å². The molecule has 0 bridgehead atoms. The van der Waals surface area contributed by atoms with E-state index >= 15 is 0 Å². The van der Waals surface area contributed by atoms with E-state index < -0.39 is 8.69 Å². The molecule has 0 amide bonds. The maximum atomic E-state index is 11.2. The summed E-state index contributed by atoms with van der Waals surface area (Å²) < 4.78 is 8.73. The van der Waals surface area contributed by atoms with E-state index in [0.717, 1.165) is 16.7 Å². The molecule has 0 aliphatic rings. The summed E-state index contributed by atoms with van der Waals surface area (Å²) >= 11 is 1.62. The zero-order valence-corrected chi connectivity index (χ0v) is 10.7. The van der Waals surface area contributed by atoms with Crippen molar-refractivity contribution in [1.82, 2.24) is 0 Å². The third-order valence-corrected chi connectivity index (χ3v) is 2.03. The second-order valence-electron chi connectivity index (χ2n) is 3.44. The molecule has 0 fully saturated rings. The first-order valence-electron chi connectivity index (χ1n) is 4.60. The van der Waals surface area contributed by atoms with Gasteiger partial charge in [-0.3, -0.25) is 4.57 Å². The van der Waals surface area contributed by atoms with Crippen molar-refractivity contribution in [3.05, 3.63) is 34.4 Å². The van der Waals surface area contributed by atoms with E-state index in [-0.39, 0.29) is 4.46 Å². The van der Waals surface area contributed by atoms with Gasteiger partial charge in [-0.1, -0.05) is 0 Å². The van der Waals surface area contributed by atoms with Crippen molar-refractivity contribution in [1.29, 1.82) is 0 Å². The molecular formula is C10H14LiO3P. The molecule has 0 radical (unpaired) electrons. The van der Waals surface area contributed by atoms with Crippen LogP contribution in [0.3, 0.4) is 0 Å². The van der Waals surface area contributed by atoms with Crippen LogP contribution in [0.5, 0.6) is 0 Å². The van der Waals surface area contributed by atoms with Crippen molar-refractivity contribution in [3.63, 3.8) is 0 Å². The van der Waals surface area contributed by atoms with Crippen LogP contribution in [-0.2, 0) is 4.57 Å². The van der Waals surface area contributed by atoms with Crippen molar-refractivity contribution in [2.75, 3.05) is 0 Å². The van der Waals surface area contributed by atoms with Gasteiger partial charge in [0.2, 0.25) is 0 Å². The summed E-state index contributed by atoms with van der Waals surface area (Å²) in [4.78, 5) is 18.3. The average molecular weight is 220 g/mol. The number of hydrogen-bond donors (Lipinski definition) is 1. The van der Waals surface area contributed by atoms with Crippen LogP contribution < -0.4 is 0 Å². The Morgan fingerprint density at radius 3 is 1.87 bits per heavy atom. The molecule has 15 heavy (non-hydrogen) atoms. The number of carbonyl (C=O) groups is 1. The standard InChI is InChI=1S/C10H11O.Li.H3O2P/c1-7-4-8(2)10(6-11)9(3)5-7;;1-3-2/h4-5H,1-3H3;;3H2,(H,1,2). The first kappa shape index (κ1) is 14.7. The van der Waals surface area contributed by atoms with Gasteiger partial charge in [-0.15, -0.1) is 0 Å². The minimum atomic E-state index is -1.50. The predicted molar refractivity (Wildman–Crippen MR) is 63.4 cm³/mol. The topological polar surface area (TPSA) is 54.4 Å². The summed E-state index contributed by atoms with van der Waals surface area (Å²) in [7, 11) is -1.50. The SMILES string of the molecule is O=[PH2]O.[Li][C](=O)c1c(C)cc(C)cc1C. The van der Waals surface area contributed by atoms with Gasteiger partial charge in [0.15, 0.2) is 8.69 Å². The van der Waals surface area contributed by atoms with Gasteiger partial charge in [0.1, 0.15) is 0 Å². The van der Waals surface area contributed by atoms with E-state index in [4.69, 9.17) is 9.46 Å². The fourth-order valence-corrected chi connectivity index (χ4v) is 1.74. The molecule has 0 saturated heterocycles. The van der Waals surface area contributed by atoms with Gasteiger partial charge in [-0.2, -0.15) is 0 Å². The molecule has 1 rings (SSSR count). The average Bonchev–Trinajstić information content (AvgIpc) is 2.01. The summed E-state index contributed by atoms with van der Waals surface area (Å²) in [6, 6.07) is 4.09. The molecule has 1 atom stereocenters. The van der Waals surface area contributed by atoms with Crippen LogP contribution in [0.15, 0.2) is 12.1 Å². The number of benzene rings is 1. The predicted octanol–water partition coefficient (Wildman–Crippen LogP) is 1.57. The van der Waals surface area contributed by atoms with Crippen LogP contribution in [-0.4, -0.2) is 27.1 Å². The third-order valence-electron chi connectivity index (χ3n) is 2.03. The maximum absolute atomic E-state index is 11.2. The normalized spacial score (nSPS) is 10.0. The molecule has 0 saturated carbocycles. The van der Waals surface area contributed by atoms with E-state index in [1.54, 1.807) is 17.7 Å². The fraction of sp³-hybridized carbons (Fsp3) is 0.300. The van der Waals surface area contributed by atoms with Crippen molar-refractivity contribution in [2.45, 2.75) is 20.8 Å². The number of carbonyl (C=O) groups excluding carboxylic acids is 1. The third kappa shape index (κ3) is 4.82. The van der Waals surface area contributed by atoms with Gasteiger partial charge in [0.25, 0.3) is 0 Å². The zero-order valence-electron chi connectivity index (χ0n) is 9.50. The molecule has 1 aromatic rings. The van der Waals surface area contributed by atoms with Gasteiger partial charge in [0, 0.05) is 0 Å². The van der Waals surface area contributed by atoms with Crippen molar-refractivity contribution in [2.24, 2.45) is 0 Å². The van der Waals surface area contributed by atoms with Gasteiger partial charge in [-0.25, -0.2) is 0 Å². The number of hydrogen-bond acceptors (Lipinski definition) is 2. The number of rotatable bonds is 1. The van der Waals surface area contributed by atoms with Crippen molar-refractivity contribution in [3.8, 4) is 0 Å². The molecule has 0 aliphatic carbocycles. The second kappa shape index (κ2) is 7.03. The van der Waals surface area contributed by atoms with Gasteiger partial charge in [0.05, 0.1) is 0 Å². The van der Waals surface area contributed by atoms with Crippen LogP contribution in [0.25, 0.3) is 0 Å². The van der Waals surface area contributed by atoms with E-state index in [2.05, 4.69) is 0 Å². The fourth-order valence-electron chi connectivity index (χ4n) is 1.74. The first-order valence-corrected chi connectivity index (χ1v) is 5.59. The molecule has 5 heteroatoms. The van der Waals surface area contributed by atoms with Crippen LogP contribution in [0, 0.1) is 20.8 Å². The Labute approximate surface area is 100 Å². The summed E-state index contributed by atoms with van der Waals surface area (Å²) in [6.07, 6.45) is 0. The Bertz CT molecular complexity index is 354. The molecule has 0 aromatic heterocycles. The van der Waals surface area contributed by atoms with Crippen LogP contribution in [0.1, 0.15) is 27.0 Å². The molecule has 3 nitrogen and oxygen atoms in total. The van der Waals surface area contributed by atoms with E-state index in [9.17, 15) is 4.79 Å². The Balaban J connectivity index is 0.000000583. The quantitative estimate of drug-likeness (QED) is 0.577. The molecule has 1 N–H and O–H groups in total. The van der Waals surface area contributed by atoms with Crippen LogP contribution in [0.2, 0.25) is 0 Å². The first-order chi connectivity index (χ1) is 6.93. The minimum absolute atomic E-state index is 0.157. The van der Waals surface area contributed by atoms with Crippen LogP contribution >= 0.6 is 8.69 Å². The molecular weight excluding hydrogens is 206 g/mol. The zero-order chi connectivity index (χ0) is 12.0. The molecule has 1 aromatic carbocycles. The van der Waals surface area contributed by atoms with Gasteiger partial charge >= 0.3 is 82.1 Å².